The summed E-state index contributed by atoms with van der Waals surface area (Å²) in [6.45, 7) is 9.53. The maximum Gasteiger partial charge on any atom is 0.118 e. The van der Waals surface area contributed by atoms with Crippen LogP contribution in [0.3, 0.4) is 0 Å². The van der Waals surface area contributed by atoms with Crippen LogP contribution < -0.4 is 0 Å². The van der Waals surface area contributed by atoms with Gasteiger partial charge >= 0.3 is 0 Å². The van der Waals surface area contributed by atoms with Crippen LogP contribution in [0.2, 0.25) is 0 Å². The quantitative estimate of drug-likeness (QED) is 0.480. The summed E-state index contributed by atoms with van der Waals surface area (Å²) < 4.78 is 16.1. The molecule has 0 aliphatic heterocycles. The third kappa shape index (κ3) is 6.35. The Labute approximate surface area is 134 Å². The second-order valence-electron chi connectivity index (χ2n) is 5.45. The first-order valence-electron chi connectivity index (χ1n) is 7.78. The third-order valence-corrected chi connectivity index (χ3v) is 3.26. The van der Waals surface area contributed by atoms with E-state index in [0.717, 1.165) is 29.7 Å². The van der Waals surface area contributed by atoms with Crippen molar-refractivity contribution in [3.05, 3.63) is 47.9 Å². The fourth-order valence-corrected chi connectivity index (χ4v) is 1.93. The predicted octanol–water partition coefficient (Wildman–Crippen LogP) is 4.89. The molecule has 0 heterocycles. The van der Waals surface area contributed by atoms with Crippen molar-refractivity contribution in [2.45, 2.75) is 40.2 Å². The zero-order valence-electron chi connectivity index (χ0n) is 14.4. The highest BCUT2D eigenvalue weighted by molar-refractivity contribution is 5.68. The maximum absolute atomic E-state index is 5.62. The molecule has 0 N–H and O–H groups in total. The Morgan fingerprint density at radius 1 is 1.05 bits per heavy atom. The Bertz CT molecular complexity index is 486. The minimum Gasteiger partial charge on any atom is -0.501 e. The van der Waals surface area contributed by atoms with Gasteiger partial charge in [-0.05, 0) is 49.5 Å². The summed E-state index contributed by atoms with van der Waals surface area (Å²) in [5, 5.41) is 0. The molecule has 0 amide bonds. The molecule has 1 aromatic rings. The average Bonchev–Trinajstić information content (AvgIpc) is 2.53. The van der Waals surface area contributed by atoms with Crippen molar-refractivity contribution >= 4 is 11.1 Å². The minimum absolute atomic E-state index is 0.0557. The van der Waals surface area contributed by atoms with Gasteiger partial charge < -0.3 is 14.2 Å². The van der Waals surface area contributed by atoms with Crippen LogP contribution in [0, 0.1) is 0 Å². The van der Waals surface area contributed by atoms with Crippen LogP contribution in [0.5, 0.6) is 0 Å². The molecule has 3 nitrogen and oxygen atoms in total. The topological polar surface area (TPSA) is 27.7 Å². The van der Waals surface area contributed by atoms with E-state index in [1.165, 1.54) is 5.56 Å². The molecule has 0 bridgehead atoms. The summed E-state index contributed by atoms with van der Waals surface area (Å²) in [6.07, 6.45) is 4.71. The maximum atomic E-state index is 5.62. The minimum atomic E-state index is 0.0557. The zero-order chi connectivity index (χ0) is 16.4. The van der Waals surface area contributed by atoms with Gasteiger partial charge in [-0.15, -0.1) is 0 Å². The van der Waals surface area contributed by atoms with Crippen molar-refractivity contribution < 1.29 is 14.2 Å². The second kappa shape index (κ2) is 10.1. The van der Waals surface area contributed by atoms with Crippen LogP contribution in [-0.2, 0) is 14.2 Å². The summed E-state index contributed by atoms with van der Waals surface area (Å²) >= 11 is 0. The van der Waals surface area contributed by atoms with Gasteiger partial charge in [-0.2, -0.15) is 0 Å². The Morgan fingerprint density at radius 3 is 2.09 bits per heavy atom. The molecule has 1 unspecified atom stereocenters. The standard InChI is InChI=1S/C19H28O3/c1-6-11-21-12-15(2)18-7-9-19(10-8-18)16(3)13-22-17(4)14-20-5/h7-10,12-13,17H,6,11,14H2,1-5H3/b15-12+,16-13+. The van der Waals surface area contributed by atoms with Gasteiger partial charge in [-0.25, -0.2) is 0 Å². The van der Waals surface area contributed by atoms with Crippen molar-refractivity contribution in [1.82, 2.24) is 0 Å². The van der Waals surface area contributed by atoms with Crippen molar-refractivity contribution in [3.63, 3.8) is 0 Å². The first kappa shape index (κ1) is 18.3. The van der Waals surface area contributed by atoms with E-state index in [1.54, 1.807) is 13.4 Å². The van der Waals surface area contributed by atoms with Crippen molar-refractivity contribution in [1.29, 1.82) is 0 Å². The van der Waals surface area contributed by atoms with Gasteiger partial charge in [-0.1, -0.05) is 31.2 Å². The Balaban J connectivity index is 2.67. The van der Waals surface area contributed by atoms with Gasteiger partial charge in [0.05, 0.1) is 25.7 Å². The average molecular weight is 304 g/mol. The van der Waals surface area contributed by atoms with Gasteiger partial charge in [0.25, 0.3) is 0 Å². The molecule has 0 spiro atoms. The smallest absolute Gasteiger partial charge is 0.118 e. The second-order valence-corrected chi connectivity index (χ2v) is 5.45. The van der Waals surface area contributed by atoms with Gasteiger partial charge in [-0.3, -0.25) is 0 Å². The molecule has 0 saturated heterocycles. The molecule has 22 heavy (non-hydrogen) atoms. The molecule has 0 aromatic heterocycles. The number of benzene rings is 1. The number of ether oxygens (including phenoxy) is 3. The van der Waals surface area contributed by atoms with Gasteiger partial charge in [0.2, 0.25) is 0 Å². The number of rotatable bonds is 9. The molecule has 0 radical (unpaired) electrons. The molecular formula is C19H28O3. The van der Waals surface area contributed by atoms with E-state index in [-0.39, 0.29) is 6.10 Å². The highest BCUT2D eigenvalue weighted by atomic mass is 16.5. The third-order valence-electron chi connectivity index (χ3n) is 3.26. The first-order valence-corrected chi connectivity index (χ1v) is 7.78. The molecule has 0 fully saturated rings. The molecule has 0 aliphatic rings. The van der Waals surface area contributed by atoms with Gasteiger partial charge in [0.1, 0.15) is 6.10 Å². The van der Waals surface area contributed by atoms with Crippen LogP contribution in [0.1, 0.15) is 45.2 Å². The summed E-state index contributed by atoms with van der Waals surface area (Å²) in [7, 11) is 1.68. The van der Waals surface area contributed by atoms with E-state index < -0.39 is 0 Å². The van der Waals surface area contributed by atoms with Gasteiger partial charge in [0, 0.05) is 7.11 Å². The molecular weight excluding hydrogens is 276 g/mol. The lowest BCUT2D eigenvalue weighted by Crippen LogP contribution is -2.11. The van der Waals surface area contributed by atoms with Crippen LogP contribution in [-0.4, -0.2) is 26.4 Å². The van der Waals surface area contributed by atoms with E-state index in [4.69, 9.17) is 14.2 Å². The van der Waals surface area contributed by atoms with Crippen LogP contribution in [0.15, 0.2) is 36.8 Å². The van der Waals surface area contributed by atoms with E-state index in [9.17, 15) is 0 Å². The number of methoxy groups -OCH3 is 1. The predicted molar refractivity (Wildman–Crippen MR) is 92.4 cm³/mol. The van der Waals surface area contributed by atoms with Gasteiger partial charge in [0.15, 0.2) is 0 Å². The SMILES string of the molecule is CCCO/C=C(\C)c1ccc(/C(C)=C/OC(C)COC)cc1. The van der Waals surface area contributed by atoms with Crippen LogP contribution >= 0.6 is 0 Å². The van der Waals surface area contributed by atoms with Crippen molar-refractivity contribution in [3.8, 4) is 0 Å². The monoisotopic (exact) mass is 304 g/mol. The highest BCUT2D eigenvalue weighted by Crippen LogP contribution is 2.19. The van der Waals surface area contributed by atoms with E-state index in [0.29, 0.717) is 6.61 Å². The van der Waals surface area contributed by atoms with Crippen molar-refractivity contribution in [2.24, 2.45) is 0 Å². The fourth-order valence-electron chi connectivity index (χ4n) is 1.93. The van der Waals surface area contributed by atoms with Crippen LogP contribution in [0.25, 0.3) is 11.1 Å². The summed E-state index contributed by atoms with van der Waals surface area (Å²) in [5.41, 5.74) is 4.54. The molecule has 3 heteroatoms. The van der Waals surface area contributed by atoms with Crippen LogP contribution in [0.4, 0.5) is 0 Å². The van der Waals surface area contributed by atoms with E-state index in [1.807, 2.05) is 20.1 Å². The normalized spacial score (nSPS) is 13.9. The Kier molecular flexibility index (Phi) is 8.38. The lowest BCUT2D eigenvalue weighted by atomic mass is 10.0. The Morgan fingerprint density at radius 2 is 1.59 bits per heavy atom. The number of hydrogen-bond acceptors (Lipinski definition) is 3. The fraction of sp³-hybridized carbons (Fsp3) is 0.474. The zero-order valence-corrected chi connectivity index (χ0v) is 14.4. The summed E-state index contributed by atoms with van der Waals surface area (Å²) in [6, 6.07) is 8.41. The lowest BCUT2D eigenvalue weighted by Gasteiger charge is -2.11. The number of hydrogen-bond donors (Lipinski definition) is 0. The lowest BCUT2D eigenvalue weighted by molar-refractivity contribution is 0.0638. The molecule has 0 aliphatic carbocycles. The molecule has 1 aromatic carbocycles. The molecule has 122 valence electrons. The molecule has 1 atom stereocenters. The van der Waals surface area contributed by atoms with E-state index >= 15 is 0 Å². The largest absolute Gasteiger partial charge is 0.501 e. The Hall–Kier alpha value is -1.74. The highest BCUT2D eigenvalue weighted by Gasteiger charge is 2.02. The summed E-state index contributed by atoms with van der Waals surface area (Å²) in [4.78, 5) is 0. The molecule has 1 rings (SSSR count). The van der Waals surface area contributed by atoms with Crippen molar-refractivity contribution in [2.75, 3.05) is 20.3 Å². The first-order chi connectivity index (χ1) is 10.6. The summed E-state index contributed by atoms with van der Waals surface area (Å²) in [5.74, 6) is 0. The van der Waals surface area contributed by atoms with E-state index in [2.05, 4.69) is 38.1 Å². The number of allylic oxidation sites excluding steroid dienone is 2. The molecule has 0 saturated carbocycles.